The Labute approximate surface area is 121 Å². The molecule has 1 heteroatoms. The number of hydrogen-bond acceptors (Lipinski definition) is 1. The van der Waals surface area contributed by atoms with Crippen molar-refractivity contribution >= 4 is 10.8 Å². The highest BCUT2D eigenvalue weighted by Gasteiger charge is 1.95. The maximum Gasteiger partial charge on any atom is 0.0400 e. The van der Waals surface area contributed by atoms with E-state index >= 15 is 0 Å². The van der Waals surface area contributed by atoms with Gasteiger partial charge in [0.15, 0.2) is 0 Å². The van der Waals surface area contributed by atoms with Crippen LogP contribution in [0, 0.1) is 0 Å². The van der Waals surface area contributed by atoms with Gasteiger partial charge in [0.2, 0.25) is 0 Å². The Hall–Kier alpha value is -2.15. The number of pyridine rings is 1. The van der Waals surface area contributed by atoms with E-state index in [2.05, 4.69) is 61.3 Å². The fourth-order valence-electron chi connectivity index (χ4n) is 2.21. The molecule has 0 N–H and O–H groups in total. The SMILES string of the molecule is CCc1cccc2ccccc12.CCc1ccccn1. The van der Waals surface area contributed by atoms with Crippen molar-refractivity contribution in [3.63, 3.8) is 0 Å². The highest BCUT2D eigenvalue weighted by atomic mass is 14.6. The number of fused-ring (bicyclic) bond motifs is 1. The van der Waals surface area contributed by atoms with Gasteiger partial charge < -0.3 is 0 Å². The molecule has 1 heterocycles. The van der Waals surface area contributed by atoms with Crippen molar-refractivity contribution in [3.8, 4) is 0 Å². The van der Waals surface area contributed by atoms with Gasteiger partial charge in [-0.3, -0.25) is 4.98 Å². The van der Waals surface area contributed by atoms with Crippen molar-refractivity contribution in [2.45, 2.75) is 26.7 Å². The summed E-state index contributed by atoms with van der Waals surface area (Å²) >= 11 is 0. The molecule has 20 heavy (non-hydrogen) atoms. The first-order chi connectivity index (χ1) is 9.85. The second-order valence-electron chi connectivity index (χ2n) is 4.67. The molecule has 0 radical (unpaired) electrons. The lowest BCUT2D eigenvalue weighted by atomic mass is 10.0. The number of benzene rings is 2. The van der Waals surface area contributed by atoms with Crippen LogP contribution in [0.15, 0.2) is 66.9 Å². The Morgan fingerprint density at radius 1 is 0.750 bits per heavy atom. The minimum atomic E-state index is 1.03. The summed E-state index contributed by atoms with van der Waals surface area (Å²) in [5.74, 6) is 0. The molecule has 0 atom stereocenters. The number of aromatic nitrogens is 1. The van der Waals surface area contributed by atoms with Crippen molar-refractivity contribution < 1.29 is 0 Å². The Kier molecular flexibility index (Phi) is 5.31. The molecule has 0 aliphatic carbocycles. The van der Waals surface area contributed by atoms with E-state index in [4.69, 9.17) is 0 Å². The van der Waals surface area contributed by atoms with Crippen LogP contribution in [-0.4, -0.2) is 4.98 Å². The average molecular weight is 263 g/mol. The summed E-state index contributed by atoms with van der Waals surface area (Å²) in [6.45, 7) is 4.30. The summed E-state index contributed by atoms with van der Waals surface area (Å²) in [6.07, 6.45) is 3.96. The van der Waals surface area contributed by atoms with Gasteiger partial charge in [0.05, 0.1) is 0 Å². The molecule has 0 unspecified atom stereocenters. The average Bonchev–Trinajstić information content (AvgIpc) is 2.55. The van der Waals surface area contributed by atoms with E-state index in [1.165, 1.54) is 16.3 Å². The van der Waals surface area contributed by atoms with E-state index in [-0.39, 0.29) is 0 Å². The summed E-state index contributed by atoms with van der Waals surface area (Å²) in [5.41, 5.74) is 2.60. The van der Waals surface area contributed by atoms with Gasteiger partial charge >= 0.3 is 0 Å². The van der Waals surface area contributed by atoms with Crippen LogP contribution in [0.3, 0.4) is 0 Å². The van der Waals surface area contributed by atoms with Crippen LogP contribution >= 0.6 is 0 Å². The third kappa shape index (κ3) is 3.67. The first kappa shape index (κ1) is 14.3. The monoisotopic (exact) mass is 263 g/mol. The lowest BCUT2D eigenvalue weighted by molar-refractivity contribution is 1.04. The van der Waals surface area contributed by atoms with Crippen molar-refractivity contribution in [2.24, 2.45) is 0 Å². The molecule has 0 aliphatic heterocycles. The van der Waals surface area contributed by atoms with Crippen LogP contribution in [0.25, 0.3) is 10.8 Å². The molecule has 2 aromatic carbocycles. The smallest absolute Gasteiger partial charge is 0.0400 e. The summed E-state index contributed by atoms with van der Waals surface area (Å²) in [6, 6.07) is 21.0. The van der Waals surface area contributed by atoms with E-state index in [1.54, 1.807) is 0 Å². The number of rotatable bonds is 2. The zero-order chi connectivity index (χ0) is 14.2. The van der Waals surface area contributed by atoms with Crippen molar-refractivity contribution in [2.75, 3.05) is 0 Å². The number of aryl methyl sites for hydroxylation is 2. The fraction of sp³-hybridized carbons (Fsp3) is 0.211. The van der Waals surface area contributed by atoms with Gasteiger partial charge in [-0.15, -0.1) is 0 Å². The second-order valence-corrected chi connectivity index (χ2v) is 4.67. The zero-order valence-electron chi connectivity index (χ0n) is 12.2. The van der Waals surface area contributed by atoms with E-state index in [0.29, 0.717) is 0 Å². The van der Waals surface area contributed by atoms with E-state index in [1.807, 2.05) is 24.4 Å². The Balaban J connectivity index is 0.000000160. The summed E-state index contributed by atoms with van der Waals surface area (Å²) in [7, 11) is 0. The lowest BCUT2D eigenvalue weighted by Crippen LogP contribution is -1.81. The highest BCUT2D eigenvalue weighted by molar-refractivity contribution is 5.85. The highest BCUT2D eigenvalue weighted by Crippen LogP contribution is 2.18. The molecule has 1 aromatic heterocycles. The van der Waals surface area contributed by atoms with Gasteiger partial charge in [0, 0.05) is 11.9 Å². The van der Waals surface area contributed by atoms with Gasteiger partial charge in [-0.1, -0.05) is 62.4 Å². The molecule has 0 fully saturated rings. The van der Waals surface area contributed by atoms with Crippen molar-refractivity contribution in [1.82, 2.24) is 4.98 Å². The topological polar surface area (TPSA) is 12.9 Å². The normalized spacial score (nSPS) is 9.90. The maximum absolute atomic E-state index is 4.10. The van der Waals surface area contributed by atoms with E-state index in [0.717, 1.165) is 18.5 Å². The predicted octanol–water partition coefficient (Wildman–Crippen LogP) is 5.05. The van der Waals surface area contributed by atoms with Crippen LogP contribution in [0.1, 0.15) is 25.1 Å². The summed E-state index contributed by atoms with van der Waals surface area (Å²) in [5, 5.41) is 2.74. The molecule has 3 rings (SSSR count). The lowest BCUT2D eigenvalue weighted by Gasteiger charge is -2.02. The van der Waals surface area contributed by atoms with Gasteiger partial charge in [-0.05, 0) is 41.3 Å². The Morgan fingerprint density at radius 3 is 2.15 bits per heavy atom. The van der Waals surface area contributed by atoms with Crippen molar-refractivity contribution in [1.29, 1.82) is 0 Å². The predicted molar refractivity (Wildman–Crippen MR) is 86.9 cm³/mol. The number of hydrogen-bond donors (Lipinski definition) is 0. The molecule has 0 saturated carbocycles. The van der Waals surface area contributed by atoms with Crippen LogP contribution in [-0.2, 0) is 12.8 Å². The molecule has 0 bridgehead atoms. The standard InChI is InChI=1S/C12H12.C7H9N/c1-2-10-7-5-8-11-6-3-4-9-12(10)11;1-2-7-5-3-4-6-8-7/h3-9H,2H2,1H3;3-6H,2H2,1H3. The van der Waals surface area contributed by atoms with Gasteiger partial charge in [-0.25, -0.2) is 0 Å². The van der Waals surface area contributed by atoms with E-state index < -0.39 is 0 Å². The molecule has 0 spiro atoms. The first-order valence-electron chi connectivity index (χ1n) is 7.21. The third-order valence-electron chi connectivity index (χ3n) is 3.35. The molecular weight excluding hydrogens is 242 g/mol. The second kappa shape index (κ2) is 7.44. The van der Waals surface area contributed by atoms with Gasteiger partial charge in [0.1, 0.15) is 0 Å². The van der Waals surface area contributed by atoms with Crippen LogP contribution in [0.5, 0.6) is 0 Å². The number of nitrogens with zero attached hydrogens (tertiary/aromatic N) is 1. The molecule has 3 aromatic rings. The van der Waals surface area contributed by atoms with Gasteiger partial charge in [0.25, 0.3) is 0 Å². The zero-order valence-corrected chi connectivity index (χ0v) is 12.2. The molecule has 0 aliphatic rings. The first-order valence-corrected chi connectivity index (χ1v) is 7.21. The molecule has 1 nitrogen and oxygen atoms in total. The molecule has 102 valence electrons. The largest absolute Gasteiger partial charge is 0.261 e. The summed E-state index contributed by atoms with van der Waals surface area (Å²) < 4.78 is 0. The van der Waals surface area contributed by atoms with Crippen molar-refractivity contribution in [3.05, 3.63) is 78.1 Å². The van der Waals surface area contributed by atoms with Crippen LogP contribution < -0.4 is 0 Å². The molecule has 0 saturated heterocycles. The summed E-state index contributed by atoms with van der Waals surface area (Å²) in [4.78, 5) is 4.10. The molecular formula is C19H21N. The van der Waals surface area contributed by atoms with Gasteiger partial charge in [-0.2, -0.15) is 0 Å². The van der Waals surface area contributed by atoms with E-state index in [9.17, 15) is 0 Å². The minimum Gasteiger partial charge on any atom is -0.261 e. The minimum absolute atomic E-state index is 1.03. The van der Waals surface area contributed by atoms with Crippen LogP contribution in [0.2, 0.25) is 0 Å². The Bertz CT molecular complexity index is 639. The Morgan fingerprint density at radius 2 is 1.50 bits per heavy atom. The molecule has 0 amide bonds. The fourth-order valence-corrected chi connectivity index (χ4v) is 2.21. The van der Waals surface area contributed by atoms with Crippen LogP contribution in [0.4, 0.5) is 0 Å². The maximum atomic E-state index is 4.10. The quantitative estimate of drug-likeness (QED) is 0.630. The third-order valence-corrected chi connectivity index (χ3v) is 3.35.